The molecule has 2 aliphatic rings. The largest absolute Gasteiger partial charge is 0.416 e. The van der Waals surface area contributed by atoms with Gasteiger partial charge in [-0.25, -0.2) is 0 Å². The SMILES string of the molecule is O=C(Nc1cccc2c1C(=O)N(c1cccc(C(F)(F)F)c1)C2)c1cccc(C2CCNC2)c1. The molecule has 174 valence electrons. The molecule has 0 bridgehead atoms. The van der Waals surface area contributed by atoms with Crippen LogP contribution in [0, 0.1) is 0 Å². The highest BCUT2D eigenvalue weighted by atomic mass is 19.4. The van der Waals surface area contributed by atoms with E-state index in [0.29, 0.717) is 28.3 Å². The van der Waals surface area contributed by atoms with Gasteiger partial charge < -0.3 is 15.5 Å². The summed E-state index contributed by atoms with van der Waals surface area (Å²) in [6.07, 6.45) is -3.50. The molecule has 0 aromatic heterocycles. The number of carbonyl (C=O) groups is 2. The van der Waals surface area contributed by atoms with Crippen LogP contribution in [0.1, 0.15) is 49.7 Å². The van der Waals surface area contributed by atoms with Gasteiger partial charge in [-0.15, -0.1) is 0 Å². The van der Waals surface area contributed by atoms with Crippen molar-refractivity contribution in [2.75, 3.05) is 23.3 Å². The maximum absolute atomic E-state index is 13.2. The van der Waals surface area contributed by atoms with Gasteiger partial charge in [-0.05, 0) is 66.4 Å². The number of nitrogens with one attached hydrogen (secondary N) is 2. The molecule has 0 radical (unpaired) electrons. The van der Waals surface area contributed by atoms with Gasteiger partial charge in [-0.1, -0.05) is 30.3 Å². The molecule has 2 N–H and O–H groups in total. The monoisotopic (exact) mass is 465 g/mol. The van der Waals surface area contributed by atoms with Gasteiger partial charge in [0.1, 0.15) is 0 Å². The second-order valence-electron chi connectivity index (χ2n) is 8.55. The first-order chi connectivity index (χ1) is 16.3. The Balaban J connectivity index is 1.40. The van der Waals surface area contributed by atoms with Gasteiger partial charge in [0.25, 0.3) is 11.8 Å². The van der Waals surface area contributed by atoms with Crippen molar-refractivity contribution in [3.8, 4) is 0 Å². The van der Waals surface area contributed by atoms with E-state index in [4.69, 9.17) is 0 Å². The second kappa shape index (κ2) is 8.61. The number of halogens is 3. The molecule has 1 atom stereocenters. The normalized spacial score (nSPS) is 17.7. The van der Waals surface area contributed by atoms with Crippen molar-refractivity contribution in [3.05, 3.63) is 94.5 Å². The lowest BCUT2D eigenvalue weighted by Gasteiger charge is -2.18. The van der Waals surface area contributed by atoms with Crippen LogP contribution >= 0.6 is 0 Å². The Hall–Kier alpha value is -3.65. The Kier molecular flexibility index (Phi) is 5.61. The van der Waals surface area contributed by atoms with E-state index in [-0.39, 0.29) is 18.1 Å². The van der Waals surface area contributed by atoms with E-state index < -0.39 is 17.6 Å². The Bertz CT molecular complexity index is 1270. The van der Waals surface area contributed by atoms with Crippen molar-refractivity contribution in [1.29, 1.82) is 0 Å². The minimum Gasteiger partial charge on any atom is -0.321 e. The van der Waals surface area contributed by atoms with Crippen molar-refractivity contribution in [2.45, 2.75) is 25.1 Å². The molecule has 1 unspecified atom stereocenters. The molecule has 1 saturated heterocycles. The average Bonchev–Trinajstić information content (AvgIpc) is 3.48. The highest BCUT2D eigenvalue weighted by Gasteiger charge is 2.34. The molecule has 3 aromatic carbocycles. The molecule has 8 heteroatoms. The number of anilines is 2. The van der Waals surface area contributed by atoms with E-state index in [1.165, 1.54) is 17.0 Å². The number of alkyl halides is 3. The minimum absolute atomic E-state index is 0.128. The van der Waals surface area contributed by atoms with E-state index in [2.05, 4.69) is 10.6 Å². The molecular weight excluding hydrogens is 443 g/mol. The van der Waals surface area contributed by atoms with Gasteiger partial charge in [0, 0.05) is 17.8 Å². The number of hydrogen-bond acceptors (Lipinski definition) is 3. The topological polar surface area (TPSA) is 61.4 Å². The first-order valence-electron chi connectivity index (χ1n) is 11.0. The van der Waals surface area contributed by atoms with E-state index in [1.807, 2.05) is 18.2 Å². The Labute approximate surface area is 194 Å². The summed E-state index contributed by atoms with van der Waals surface area (Å²) < 4.78 is 39.5. The zero-order valence-electron chi connectivity index (χ0n) is 18.2. The predicted octanol–water partition coefficient (Wildman–Crippen LogP) is 5.20. The molecule has 1 fully saturated rings. The van der Waals surface area contributed by atoms with Crippen molar-refractivity contribution < 1.29 is 22.8 Å². The third-order valence-corrected chi connectivity index (χ3v) is 6.35. The lowest BCUT2D eigenvalue weighted by atomic mass is 9.96. The molecule has 5 rings (SSSR count). The second-order valence-corrected chi connectivity index (χ2v) is 8.55. The fourth-order valence-corrected chi connectivity index (χ4v) is 4.59. The summed E-state index contributed by atoms with van der Waals surface area (Å²) in [7, 11) is 0. The van der Waals surface area contributed by atoms with Crippen LogP contribution < -0.4 is 15.5 Å². The first kappa shape index (κ1) is 22.2. The number of hydrogen-bond donors (Lipinski definition) is 2. The summed E-state index contributed by atoms with van der Waals surface area (Å²) in [5, 5.41) is 6.15. The molecule has 5 nitrogen and oxygen atoms in total. The highest BCUT2D eigenvalue weighted by Crippen LogP contribution is 2.36. The van der Waals surface area contributed by atoms with Gasteiger partial charge in [0.05, 0.1) is 23.4 Å². The van der Waals surface area contributed by atoms with E-state index in [1.54, 1.807) is 24.3 Å². The van der Waals surface area contributed by atoms with Crippen molar-refractivity contribution in [3.63, 3.8) is 0 Å². The number of carbonyl (C=O) groups excluding carboxylic acids is 2. The van der Waals surface area contributed by atoms with Crippen molar-refractivity contribution >= 4 is 23.2 Å². The Morgan fingerprint density at radius 1 is 1.03 bits per heavy atom. The molecule has 2 amide bonds. The lowest BCUT2D eigenvalue weighted by molar-refractivity contribution is -0.137. The lowest BCUT2D eigenvalue weighted by Crippen LogP contribution is -2.24. The minimum atomic E-state index is -4.51. The van der Waals surface area contributed by atoms with Gasteiger partial charge in [-0.3, -0.25) is 9.59 Å². The van der Waals surface area contributed by atoms with E-state index >= 15 is 0 Å². The first-order valence-corrected chi connectivity index (χ1v) is 11.0. The smallest absolute Gasteiger partial charge is 0.321 e. The Morgan fingerprint density at radius 2 is 1.82 bits per heavy atom. The number of amides is 2. The van der Waals surface area contributed by atoms with E-state index in [0.717, 1.165) is 37.2 Å². The standard InChI is InChI=1S/C26H22F3N3O2/c27-26(28,29)20-7-3-8-21(13-20)32-15-19-6-2-9-22(23(19)25(32)34)31-24(33)17-5-1-4-16(12-17)18-10-11-30-14-18/h1-9,12-13,18,30H,10-11,14-15H2,(H,31,33). The number of nitrogens with zero attached hydrogens (tertiary/aromatic N) is 1. The quantitative estimate of drug-likeness (QED) is 0.557. The zero-order valence-corrected chi connectivity index (χ0v) is 18.2. The summed E-state index contributed by atoms with van der Waals surface area (Å²) in [6, 6.07) is 17.2. The van der Waals surface area contributed by atoms with Gasteiger partial charge >= 0.3 is 6.18 Å². The van der Waals surface area contributed by atoms with Crippen LogP contribution in [-0.2, 0) is 12.7 Å². The fraction of sp³-hybridized carbons (Fsp3) is 0.231. The van der Waals surface area contributed by atoms with E-state index in [9.17, 15) is 22.8 Å². The van der Waals surface area contributed by atoms with Crippen LogP contribution in [0.2, 0.25) is 0 Å². The molecule has 0 aliphatic carbocycles. The fourth-order valence-electron chi connectivity index (χ4n) is 4.59. The van der Waals surface area contributed by atoms with Gasteiger partial charge in [-0.2, -0.15) is 13.2 Å². The predicted molar refractivity (Wildman–Crippen MR) is 123 cm³/mol. The summed E-state index contributed by atoms with van der Waals surface area (Å²) in [4.78, 5) is 27.5. The Morgan fingerprint density at radius 3 is 2.59 bits per heavy atom. The molecule has 2 heterocycles. The third-order valence-electron chi connectivity index (χ3n) is 6.35. The van der Waals surface area contributed by atoms with Gasteiger partial charge in [0.15, 0.2) is 0 Å². The van der Waals surface area contributed by atoms with Crippen LogP contribution in [0.3, 0.4) is 0 Å². The molecule has 0 spiro atoms. The molecule has 3 aromatic rings. The maximum Gasteiger partial charge on any atom is 0.416 e. The molecule has 0 saturated carbocycles. The number of rotatable bonds is 4. The molecular formula is C26H22F3N3O2. The highest BCUT2D eigenvalue weighted by molar-refractivity contribution is 6.16. The summed E-state index contributed by atoms with van der Waals surface area (Å²) >= 11 is 0. The number of fused-ring (bicyclic) bond motifs is 1. The van der Waals surface area contributed by atoms with Crippen LogP contribution in [0.15, 0.2) is 66.7 Å². The molecule has 2 aliphatic heterocycles. The average molecular weight is 465 g/mol. The van der Waals surface area contributed by atoms with Crippen molar-refractivity contribution in [2.24, 2.45) is 0 Å². The summed E-state index contributed by atoms with van der Waals surface area (Å²) in [5.74, 6) is -0.432. The maximum atomic E-state index is 13.2. The van der Waals surface area contributed by atoms with Crippen LogP contribution in [0.5, 0.6) is 0 Å². The third kappa shape index (κ3) is 4.17. The summed E-state index contributed by atoms with van der Waals surface area (Å²) in [6.45, 7) is 1.95. The summed E-state index contributed by atoms with van der Waals surface area (Å²) in [5.41, 5.74) is 2.20. The van der Waals surface area contributed by atoms with Crippen LogP contribution in [-0.4, -0.2) is 24.9 Å². The number of benzene rings is 3. The van der Waals surface area contributed by atoms with Gasteiger partial charge in [0.2, 0.25) is 0 Å². The zero-order chi connectivity index (χ0) is 23.9. The van der Waals surface area contributed by atoms with Crippen LogP contribution in [0.25, 0.3) is 0 Å². The molecule has 34 heavy (non-hydrogen) atoms. The van der Waals surface area contributed by atoms with Crippen LogP contribution in [0.4, 0.5) is 24.5 Å². The van der Waals surface area contributed by atoms with Crippen molar-refractivity contribution in [1.82, 2.24) is 5.32 Å².